The summed E-state index contributed by atoms with van der Waals surface area (Å²) < 4.78 is 13.4. The Kier molecular flexibility index (Phi) is 8.57. The molecule has 0 aromatic heterocycles. The smallest absolute Gasteiger partial charge is 0.229 e. The van der Waals surface area contributed by atoms with Crippen LogP contribution in [0, 0.1) is 17.8 Å². The molecule has 3 rings (SSSR count). The molecule has 0 bridgehead atoms. The number of nitrogens with one attached hydrogen (secondary N) is 4. The number of rotatable bonds is 5. The van der Waals surface area contributed by atoms with Gasteiger partial charge in [-0.1, -0.05) is 13.8 Å². The second-order valence-electron chi connectivity index (χ2n) is 9.36. The summed E-state index contributed by atoms with van der Waals surface area (Å²) in [7, 11) is 0. The van der Waals surface area contributed by atoms with Gasteiger partial charge >= 0.3 is 0 Å². The van der Waals surface area contributed by atoms with E-state index in [2.05, 4.69) is 40.3 Å². The Labute approximate surface area is 179 Å². The van der Waals surface area contributed by atoms with Crippen LogP contribution in [0.3, 0.4) is 0 Å². The van der Waals surface area contributed by atoms with Gasteiger partial charge in [0, 0.05) is 23.9 Å². The topological polar surface area (TPSA) is 77.5 Å². The lowest BCUT2D eigenvalue weighted by molar-refractivity contribution is -0.124. The molecule has 0 aromatic carbocycles. The van der Waals surface area contributed by atoms with Crippen LogP contribution in [0.2, 0.25) is 0 Å². The van der Waals surface area contributed by atoms with Crippen LogP contribution in [-0.4, -0.2) is 42.2 Å². The normalized spacial score (nSPS) is 36.2. The molecule has 0 aromatic rings. The van der Waals surface area contributed by atoms with Crippen molar-refractivity contribution in [3.63, 3.8) is 0 Å². The van der Waals surface area contributed by atoms with Crippen molar-refractivity contribution in [2.75, 3.05) is 6.54 Å². The third-order valence-corrected chi connectivity index (χ3v) is 6.83. The van der Waals surface area contributed by atoms with E-state index in [1.165, 1.54) is 0 Å². The molecule has 1 saturated heterocycles. The van der Waals surface area contributed by atoms with E-state index in [-0.39, 0.29) is 18.0 Å². The van der Waals surface area contributed by atoms with Crippen molar-refractivity contribution in [3.8, 4) is 0 Å². The summed E-state index contributed by atoms with van der Waals surface area (Å²) >= 11 is 6.24. The van der Waals surface area contributed by atoms with E-state index < -0.39 is 6.17 Å². The van der Waals surface area contributed by atoms with Crippen molar-refractivity contribution in [1.29, 1.82) is 0 Å². The molecule has 0 spiro atoms. The monoisotopic (exact) mass is 429 g/mol. The van der Waals surface area contributed by atoms with Gasteiger partial charge in [0.15, 0.2) is 5.96 Å². The zero-order valence-corrected chi connectivity index (χ0v) is 18.5. The zero-order chi connectivity index (χ0) is 20.8. The van der Waals surface area contributed by atoms with E-state index in [9.17, 15) is 9.18 Å². The lowest BCUT2D eigenvalue weighted by atomic mass is 9.83. The SMILES string of the molecule is CC(C)CN=C(NC(=O)C1CCC(F)CC1)NC1CC(C2CCC(Cl)CC2)NN1. The molecule has 29 heavy (non-hydrogen) atoms. The summed E-state index contributed by atoms with van der Waals surface area (Å²) in [6, 6.07) is 0.401. The summed E-state index contributed by atoms with van der Waals surface area (Å²) in [5.74, 6) is 1.39. The van der Waals surface area contributed by atoms with E-state index in [1.807, 2.05) is 0 Å². The standard InChI is InChI=1S/C21H37ClFN5O/c1-13(2)12-24-21(26-20(29)15-5-9-17(23)10-6-15)25-19-11-18(27-28-19)14-3-7-16(22)8-4-14/h13-19,27-28H,3-12H2,1-2H3,(H2,24,25,26,29). The molecule has 4 N–H and O–H groups in total. The first-order valence-corrected chi connectivity index (χ1v) is 11.8. The lowest BCUT2D eigenvalue weighted by Gasteiger charge is -2.29. The van der Waals surface area contributed by atoms with Gasteiger partial charge in [-0.2, -0.15) is 0 Å². The van der Waals surface area contributed by atoms with Crippen LogP contribution in [0.4, 0.5) is 4.39 Å². The Balaban J connectivity index is 1.52. The first-order valence-electron chi connectivity index (χ1n) is 11.3. The van der Waals surface area contributed by atoms with Gasteiger partial charge in [-0.05, 0) is 69.6 Å². The minimum atomic E-state index is -0.759. The maximum Gasteiger partial charge on any atom is 0.229 e. The third kappa shape index (κ3) is 7.07. The van der Waals surface area contributed by atoms with Gasteiger partial charge in [0.25, 0.3) is 0 Å². The Bertz CT molecular complexity index is 559. The highest BCUT2D eigenvalue weighted by Gasteiger charge is 2.33. The average molecular weight is 430 g/mol. The molecule has 1 aliphatic heterocycles. The first kappa shape index (κ1) is 22.8. The molecule has 3 aliphatic rings. The highest BCUT2D eigenvalue weighted by molar-refractivity contribution is 6.20. The van der Waals surface area contributed by atoms with Crippen LogP contribution < -0.4 is 21.5 Å². The molecule has 1 amide bonds. The summed E-state index contributed by atoms with van der Waals surface area (Å²) in [4.78, 5) is 17.3. The predicted molar refractivity (Wildman–Crippen MR) is 115 cm³/mol. The van der Waals surface area contributed by atoms with Gasteiger partial charge in [-0.3, -0.25) is 20.5 Å². The second kappa shape index (κ2) is 10.9. The molecule has 2 unspecified atom stereocenters. The third-order valence-electron chi connectivity index (χ3n) is 6.40. The van der Waals surface area contributed by atoms with E-state index in [0.717, 1.165) is 32.1 Å². The first-order chi connectivity index (χ1) is 13.9. The van der Waals surface area contributed by atoms with Gasteiger partial charge in [-0.15, -0.1) is 11.6 Å². The van der Waals surface area contributed by atoms with Crippen molar-refractivity contribution in [2.24, 2.45) is 22.7 Å². The summed E-state index contributed by atoms with van der Waals surface area (Å²) in [6.45, 7) is 4.84. The summed E-state index contributed by atoms with van der Waals surface area (Å²) in [5, 5.41) is 6.67. The summed E-state index contributed by atoms with van der Waals surface area (Å²) in [6.07, 6.45) is 6.84. The molecule has 0 radical (unpaired) electrons. The fourth-order valence-corrected chi connectivity index (χ4v) is 4.81. The van der Waals surface area contributed by atoms with Gasteiger partial charge in [0.05, 0.1) is 6.17 Å². The van der Waals surface area contributed by atoms with Crippen molar-refractivity contribution in [3.05, 3.63) is 0 Å². The molecule has 2 aliphatic carbocycles. The highest BCUT2D eigenvalue weighted by atomic mass is 35.5. The highest BCUT2D eigenvalue weighted by Crippen LogP contribution is 2.32. The number of aliphatic imine (C=N–C) groups is 1. The number of hydrogen-bond acceptors (Lipinski definition) is 4. The fraction of sp³-hybridized carbons (Fsp3) is 0.905. The number of carbonyl (C=O) groups is 1. The molecule has 8 heteroatoms. The fourth-order valence-electron chi connectivity index (χ4n) is 4.56. The maximum atomic E-state index is 13.4. The van der Waals surface area contributed by atoms with Crippen LogP contribution in [-0.2, 0) is 4.79 Å². The lowest BCUT2D eigenvalue weighted by Crippen LogP contribution is -2.52. The minimum absolute atomic E-state index is 0.0153. The summed E-state index contributed by atoms with van der Waals surface area (Å²) in [5.41, 5.74) is 6.73. The Morgan fingerprint density at radius 1 is 1.10 bits per heavy atom. The second-order valence-corrected chi connectivity index (χ2v) is 9.98. The van der Waals surface area contributed by atoms with E-state index in [4.69, 9.17) is 11.6 Å². The van der Waals surface area contributed by atoms with Gasteiger partial charge in [0.2, 0.25) is 5.91 Å². The largest absolute Gasteiger partial charge is 0.339 e. The average Bonchev–Trinajstić information content (AvgIpc) is 3.15. The Morgan fingerprint density at radius 2 is 1.79 bits per heavy atom. The molecular weight excluding hydrogens is 393 g/mol. The van der Waals surface area contributed by atoms with Gasteiger partial charge in [-0.25, -0.2) is 9.82 Å². The van der Waals surface area contributed by atoms with Crippen molar-refractivity contribution >= 4 is 23.5 Å². The molecular formula is C21H37ClFN5O. The number of carbonyl (C=O) groups excluding carboxylic acids is 1. The van der Waals surface area contributed by atoms with Crippen molar-refractivity contribution < 1.29 is 9.18 Å². The van der Waals surface area contributed by atoms with Crippen LogP contribution in [0.5, 0.6) is 0 Å². The molecule has 6 nitrogen and oxygen atoms in total. The van der Waals surface area contributed by atoms with E-state index >= 15 is 0 Å². The molecule has 2 saturated carbocycles. The number of amides is 1. The number of hydrogen-bond donors (Lipinski definition) is 4. The zero-order valence-electron chi connectivity index (χ0n) is 17.7. The van der Waals surface area contributed by atoms with E-state index in [0.29, 0.717) is 61.4 Å². The number of alkyl halides is 2. The van der Waals surface area contributed by atoms with Crippen LogP contribution in [0.1, 0.15) is 71.6 Å². The maximum absolute atomic E-state index is 13.4. The van der Waals surface area contributed by atoms with E-state index in [1.54, 1.807) is 0 Å². The number of hydrazine groups is 1. The van der Waals surface area contributed by atoms with Gasteiger partial charge in [0.1, 0.15) is 6.17 Å². The minimum Gasteiger partial charge on any atom is -0.339 e. The van der Waals surface area contributed by atoms with Crippen molar-refractivity contribution in [2.45, 2.75) is 95.4 Å². The number of guanidine groups is 1. The quantitative estimate of drug-likeness (QED) is 0.307. The Hall–Kier alpha value is -0.920. The van der Waals surface area contributed by atoms with Crippen molar-refractivity contribution in [1.82, 2.24) is 21.5 Å². The molecule has 3 fully saturated rings. The molecule has 166 valence electrons. The number of nitrogens with zero attached hydrogens (tertiary/aromatic N) is 1. The molecule has 2 atom stereocenters. The van der Waals surface area contributed by atoms with Crippen LogP contribution in [0.15, 0.2) is 4.99 Å². The van der Waals surface area contributed by atoms with Gasteiger partial charge < -0.3 is 5.32 Å². The predicted octanol–water partition coefficient (Wildman–Crippen LogP) is 3.22. The van der Waals surface area contributed by atoms with Crippen LogP contribution >= 0.6 is 11.6 Å². The number of halogens is 2. The Morgan fingerprint density at radius 3 is 2.45 bits per heavy atom. The molecule has 1 heterocycles. The van der Waals surface area contributed by atoms with Crippen LogP contribution in [0.25, 0.3) is 0 Å².